The lowest BCUT2D eigenvalue weighted by Crippen LogP contribution is -2.26. The van der Waals surface area contributed by atoms with Crippen LogP contribution in [0, 0.1) is 0 Å². The number of hydrogen-bond donors (Lipinski definition) is 1. The van der Waals surface area contributed by atoms with Gasteiger partial charge in [-0.15, -0.1) is 0 Å². The Hall–Kier alpha value is -3.58. The first-order chi connectivity index (χ1) is 15.5. The molecule has 0 fully saturated rings. The van der Waals surface area contributed by atoms with E-state index in [-0.39, 0.29) is 29.6 Å². The number of amides is 1. The first-order valence-corrected chi connectivity index (χ1v) is 11.9. The minimum absolute atomic E-state index is 0.0542. The number of nitrogens with one attached hydrogen (secondary N) is 1. The number of carbonyl (C=O) groups is 1. The highest BCUT2D eigenvalue weighted by molar-refractivity contribution is 7.91. The number of furan rings is 1. The van der Waals surface area contributed by atoms with Crippen molar-refractivity contribution in [3.63, 3.8) is 0 Å². The third-order valence-corrected chi connectivity index (χ3v) is 6.83. The molecule has 0 unspecified atom stereocenters. The summed E-state index contributed by atoms with van der Waals surface area (Å²) in [5.74, 6) is 0.412. The second-order valence-electron chi connectivity index (χ2n) is 7.25. The standard InChI is InChI=1S/C25H23NO5S/c27-25(26-16-9-17-32(28,29)20-12-5-2-6-13-20)24-22(18-30-19-10-3-1-4-11-19)21-14-7-8-15-23(21)31-24/h1-8,10-15H,9,16-18H2,(H,26,27). The van der Waals surface area contributed by atoms with Crippen molar-refractivity contribution in [2.75, 3.05) is 12.3 Å². The van der Waals surface area contributed by atoms with Gasteiger partial charge in [-0.1, -0.05) is 54.6 Å². The lowest BCUT2D eigenvalue weighted by Gasteiger charge is -2.08. The van der Waals surface area contributed by atoms with E-state index >= 15 is 0 Å². The third-order valence-electron chi connectivity index (χ3n) is 5.01. The van der Waals surface area contributed by atoms with Crippen molar-refractivity contribution in [3.05, 3.63) is 96.3 Å². The Labute approximate surface area is 186 Å². The maximum atomic E-state index is 12.8. The zero-order valence-electron chi connectivity index (χ0n) is 17.4. The maximum Gasteiger partial charge on any atom is 0.287 e. The highest BCUT2D eigenvalue weighted by Gasteiger charge is 2.21. The molecule has 0 bridgehead atoms. The molecule has 0 radical (unpaired) electrons. The van der Waals surface area contributed by atoms with Gasteiger partial charge in [0.2, 0.25) is 0 Å². The predicted molar refractivity (Wildman–Crippen MR) is 122 cm³/mol. The molecule has 0 atom stereocenters. The first kappa shape index (κ1) is 21.6. The number of benzene rings is 3. The van der Waals surface area contributed by atoms with Crippen LogP contribution in [0.25, 0.3) is 11.0 Å². The molecule has 0 aliphatic rings. The maximum absolute atomic E-state index is 12.8. The van der Waals surface area contributed by atoms with E-state index < -0.39 is 15.7 Å². The fourth-order valence-electron chi connectivity index (χ4n) is 3.39. The molecule has 0 aliphatic heterocycles. The van der Waals surface area contributed by atoms with Crippen LogP contribution in [0.1, 0.15) is 22.5 Å². The summed E-state index contributed by atoms with van der Waals surface area (Å²) in [6.07, 6.45) is 0.291. The average Bonchev–Trinajstić information content (AvgIpc) is 3.20. The Morgan fingerprint density at radius 3 is 2.28 bits per heavy atom. The van der Waals surface area contributed by atoms with Gasteiger partial charge in [0.05, 0.1) is 10.6 Å². The minimum Gasteiger partial charge on any atom is -0.489 e. The summed E-state index contributed by atoms with van der Waals surface area (Å²) in [6.45, 7) is 0.382. The number of rotatable bonds is 9. The molecule has 6 nitrogen and oxygen atoms in total. The Balaban J connectivity index is 1.43. The van der Waals surface area contributed by atoms with Crippen molar-refractivity contribution in [2.45, 2.75) is 17.9 Å². The van der Waals surface area contributed by atoms with E-state index in [0.29, 0.717) is 23.3 Å². The molecule has 3 aromatic carbocycles. The minimum atomic E-state index is -3.39. The van der Waals surface area contributed by atoms with Crippen LogP contribution in [-0.2, 0) is 16.4 Å². The van der Waals surface area contributed by atoms with E-state index in [9.17, 15) is 13.2 Å². The van der Waals surface area contributed by atoms with Crippen LogP contribution in [0.4, 0.5) is 0 Å². The van der Waals surface area contributed by atoms with Gasteiger partial charge >= 0.3 is 0 Å². The molecule has 7 heteroatoms. The quantitative estimate of drug-likeness (QED) is 0.377. The van der Waals surface area contributed by atoms with Crippen molar-refractivity contribution in [3.8, 4) is 5.75 Å². The van der Waals surface area contributed by atoms with E-state index in [0.717, 1.165) is 5.39 Å². The average molecular weight is 450 g/mol. The van der Waals surface area contributed by atoms with E-state index in [4.69, 9.17) is 9.15 Å². The lowest BCUT2D eigenvalue weighted by atomic mass is 10.1. The van der Waals surface area contributed by atoms with Crippen LogP contribution in [0.2, 0.25) is 0 Å². The summed E-state index contributed by atoms with van der Waals surface area (Å²) in [5.41, 5.74) is 1.25. The smallest absolute Gasteiger partial charge is 0.287 e. The Morgan fingerprint density at radius 1 is 0.875 bits per heavy atom. The largest absolute Gasteiger partial charge is 0.489 e. The van der Waals surface area contributed by atoms with Crippen molar-refractivity contribution in [1.82, 2.24) is 5.32 Å². The van der Waals surface area contributed by atoms with Crippen LogP contribution in [0.3, 0.4) is 0 Å². The number of sulfone groups is 1. The molecular formula is C25H23NO5S. The predicted octanol–water partition coefficient (Wildman–Crippen LogP) is 4.61. The molecule has 4 aromatic rings. The molecule has 0 aliphatic carbocycles. The zero-order valence-corrected chi connectivity index (χ0v) is 18.2. The number of ether oxygens (including phenoxy) is 1. The highest BCUT2D eigenvalue weighted by atomic mass is 32.2. The fraction of sp³-hybridized carbons (Fsp3) is 0.160. The fourth-order valence-corrected chi connectivity index (χ4v) is 4.72. The second-order valence-corrected chi connectivity index (χ2v) is 9.36. The molecule has 32 heavy (non-hydrogen) atoms. The molecule has 1 aromatic heterocycles. The molecule has 0 spiro atoms. The van der Waals surface area contributed by atoms with Crippen molar-refractivity contribution in [2.24, 2.45) is 0 Å². The van der Waals surface area contributed by atoms with Crippen molar-refractivity contribution in [1.29, 1.82) is 0 Å². The molecule has 4 rings (SSSR count). The highest BCUT2D eigenvalue weighted by Crippen LogP contribution is 2.27. The van der Waals surface area contributed by atoms with Crippen LogP contribution in [0.5, 0.6) is 5.75 Å². The zero-order chi connectivity index (χ0) is 22.4. The van der Waals surface area contributed by atoms with Gasteiger partial charge < -0.3 is 14.5 Å². The third kappa shape index (κ3) is 5.00. The molecular weight excluding hydrogens is 426 g/mol. The summed E-state index contributed by atoms with van der Waals surface area (Å²) >= 11 is 0. The van der Waals surface area contributed by atoms with Gasteiger partial charge in [0.25, 0.3) is 5.91 Å². The van der Waals surface area contributed by atoms with E-state index in [1.54, 1.807) is 36.4 Å². The number of carbonyl (C=O) groups excluding carboxylic acids is 1. The van der Waals surface area contributed by atoms with E-state index in [2.05, 4.69) is 5.32 Å². The Morgan fingerprint density at radius 2 is 1.53 bits per heavy atom. The SMILES string of the molecule is O=C(NCCCS(=O)(=O)c1ccccc1)c1oc2ccccc2c1COc1ccccc1. The molecule has 0 saturated carbocycles. The number of para-hydroxylation sites is 2. The summed E-state index contributed by atoms with van der Waals surface area (Å²) < 4.78 is 36.4. The lowest BCUT2D eigenvalue weighted by molar-refractivity contribution is 0.0924. The van der Waals surface area contributed by atoms with Gasteiger partial charge in [0.15, 0.2) is 15.6 Å². The van der Waals surface area contributed by atoms with Gasteiger partial charge in [0.1, 0.15) is 17.9 Å². The normalized spacial score (nSPS) is 11.4. The van der Waals surface area contributed by atoms with Gasteiger partial charge in [-0.05, 0) is 36.8 Å². The molecule has 1 amide bonds. The Kier molecular flexibility index (Phi) is 6.56. The second kappa shape index (κ2) is 9.70. The van der Waals surface area contributed by atoms with Gasteiger partial charge in [0, 0.05) is 17.5 Å². The number of hydrogen-bond acceptors (Lipinski definition) is 5. The van der Waals surface area contributed by atoms with Crippen LogP contribution < -0.4 is 10.1 Å². The summed E-state index contributed by atoms with van der Waals surface area (Å²) in [5, 5.41) is 3.58. The summed E-state index contributed by atoms with van der Waals surface area (Å²) in [6, 6.07) is 25.0. The summed E-state index contributed by atoms with van der Waals surface area (Å²) in [7, 11) is -3.39. The monoisotopic (exact) mass is 449 g/mol. The summed E-state index contributed by atoms with van der Waals surface area (Å²) in [4.78, 5) is 13.1. The Bertz CT molecular complexity index is 1300. The molecule has 164 valence electrons. The molecule has 1 N–H and O–H groups in total. The van der Waals surface area contributed by atoms with Crippen molar-refractivity contribution >= 4 is 26.7 Å². The molecule has 1 heterocycles. The van der Waals surface area contributed by atoms with Crippen molar-refractivity contribution < 1.29 is 22.4 Å². The van der Waals surface area contributed by atoms with Gasteiger partial charge in [-0.3, -0.25) is 4.79 Å². The van der Waals surface area contributed by atoms with E-state index in [1.165, 1.54) is 0 Å². The van der Waals surface area contributed by atoms with E-state index in [1.807, 2.05) is 48.5 Å². The number of fused-ring (bicyclic) bond motifs is 1. The van der Waals surface area contributed by atoms with Gasteiger partial charge in [-0.25, -0.2) is 8.42 Å². The first-order valence-electron chi connectivity index (χ1n) is 10.3. The topological polar surface area (TPSA) is 85.6 Å². The van der Waals surface area contributed by atoms with Crippen LogP contribution in [0.15, 0.2) is 94.2 Å². The van der Waals surface area contributed by atoms with Crippen LogP contribution in [-0.4, -0.2) is 26.6 Å². The van der Waals surface area contributed by atoms with Gasteiger partial charge in [-0.2, -0.15) is 0 Å². The molecule has 0 saturated heterocycles. The van der Waals surface area contributed by atoms with Crippen LogP contribution >= 0.6 is 0 Å².